The molecular formula is C18H27FN2OS. The third-order valence-corrected chi connectivity index (χ3v) is 5.23. The molecule has 1 aromatic carbocycles. The summed E-state index contributed by atoms with van der Waals surface area (Å²) in [5, 5.41) is 3.08. The number of halogens is 1. The number of carbonyl (C=O) groups is 1. The number of nitrogens with one attached hydrogen (secondary N) is 1. The molecule has 1 unspecified atom stereocenters. The number of thioether (sulfide) groups is 1. The van der Waals surface area contributed by atoms with E-state index in [0.29, 0.717) is 6.54 Å². The van der Waals surface area contributed by atoms with E-state index in [4.69, 9.17) is 0 Å². The molecule has 1 N–H and O–H groups in total. The Labute approximate surface area is 143 Å². The van der Waals surface area contributed by atoms with Crippen LogP contribution >= 0.6 is 11.8 Å². The van der Waals surface area contributed by atoms with Crippen LogP contribution in [0.4, 0.5) is 4.39 Å². The highest BCUT2D eigenvalue weighted by molar-refractivity contribution is 7.99. The van der Waals surface area contributed by atoms with E-state index in [1.807, 2.05) is 0 Å². The first kappa shape index (κ1) is 18.3. The summed E-state index contributed by atoms with van der Waals surface area (Å²) in [7, 11) is 0. The largest absolute Gasteiger partial charge is 0.355 e. The summed E-state index contributed by atoms with van der Waals surface area (Å²) in [5.41, 5.74) is 0. The molecule has 0 bridgehead atoms. The number of nitrogens with zero attached hydrogens (tertiary/aromatic N) is 1. The quantitative estimate of drug-likeness (QED) is 0.579. The lowest BCUT2D eigenvalue weighted by molar-refractivity contribution is -0.127. The third kappa shape index (κ3) is 6.15. The molecule has 1 fully saturated rings. The van der Waals surface area contributed by atoms with E-state index < -0.39 is 0 Å². The van der Waals surface area contributed by atoms with Gasteiger partial charge in [-0.25, -0.2) is 4.39 Å². The minimum atomic E-state index is -0.203. The van der Waals surface area contributed by atoms with E-state index in [1.165, 1.54) is 18.6 Å². The van der Waals surface area contributed by atoms with Gasteiger partial charge in [0.05, 0.1) is 6.04 Å². The molecule has 1 atom stereocenters. The Kier molecular flexibility index (Phi) is 7.89. The van der Waals surface area contributed by atoms with Crippen LogP contribution < -0.4 is 5.32 Å². The van der Waals surface area contributed by atoms with Gasteiger partial charge in [0.1, 0.15) is 5.82 Å². The van der Waals surface area contributed by atoms with Crippen molar-refractivity contribution in [3.05, 3.63) is 30.1 Å². The molecule has 5 heteroatoms. The normalized spacial score (nSPS) is 18.8. The molecule has 1 amide bonds. The van der Waals surface area contributed by atoms with Crippen molar-refractivity contribution in [2.24, 2.45) is 0 Å². The molecule has 1 aliphatic heterocycles. The second-order valence-electron chi connectivity index (χ2n) is 5.99. The molecular weight excluding hydrogens is 311 g/mol. The van der Waals surface area contributed by atoms with Crippen molar-refractivity contribution in [1.82, 2.24) is 10.2 Å². The van der Waals surface area contributed by atoms with Crippen molar-refractivity contribution >= 4 is 17.7 Å². The maximum Gasteiger partial charge on any atom is 0.237 e. The maximum absolute atomic E-state index is 12.8. The van der Waals surface area contributed by atoms with Crippen molar-refractivity contribution < 1.29 is 9.18 Å². The molecule has 0 spiro atoms. The standard InChI is InChI=1S/C18H27FN2OS/c1-2-12-21-13-4-3-6-17(21)18(22)20-11-5-14-23-16-9-7-15(19)8-10-16/h7-10,17H,2-6,11-14H2,1H3,(H,20,22). The van der Waals surface area contributed by atoms with E-state index in [2.05, 4.69) is 17.1 Å². The minimum absolute atomic E-state index is 0.0634. The molecule has 3 nitrogen and oxygen atoms in total. The van der Waals surface area contributed by atoms with Crippen LogP contribution in [0, 0.1) is 5.82 Å². The predicted molar refractivity (Wildman–Crippen MR) is 94.3 cm³/mol. The lowest BCUT2D eigenvalue weighted by Crippen LogP contribution is -2.49. The topological polar surface area (TPSA) is 32.3 Å². The van der Waals surface area contributed by atoms with Gasteiger partial charge >= 0.3 is 0 Å². The highest BCUT2D eigenvalue weighted by Gasteiger charge is 2.27. The van der Waals surface area contributed by atoms with Crippen molar-refractivity contribution in [2.75, 3.05) is 25.4 Å². The van der Waals surface area contributed by atoms with Crippen molar-refractivity contribution in [2.45, 2.75) is 50.0 Å². The summed E-state index contributed by atoms with van der Waals surface area (Å²) in [5.74, 6) is 0.908. The molecule has 1 saturated heterocycles. The zero-order chi connectivity index (χ0) is 16.5. The predicted octanol–water partition coefficient (Wildman–Crippen LogP) is 3.69. The van der Waals surface area contributed by atoms with Gasteiger partial charge in [0.25, 0.3) is 0 Å². The molecule has 0 radical (unpaired) electrons. The number of piperidine rings is 1. The first-order valence-corrected chi connectivity index (χ1v) is 9.59. The van der Waals surface area contributed by atoms with Gasteiger partial charge in [0, 0.05) is 11.4 Å². The van der Waals surface area contributed by atoms with Gasteiger partial charge < -0.3 is 5.32 Å². The monoisotopic (exact) mass is 338 g/mol. The Morgan fingerprint density at radius 1 is 1.35 bits per heavy atom. The van der Waals surface area contributed by atoms with E-state index in [-0.39, 0.29) is 17.8 Å². The Balaban J connectivity index is 1.64. The summed E-state index contributed by atoms with van der Waals surface area (Å²) >= 11 is 1.70. The van der Waals surface area contributed by atoms with Gasteiger partial charge in [-0.2, -0.15) is 0 Å². The second kappa shape index (κ2) is 9.93. The number of hydrogen-bond acceptors (Lipinski definition) is 3. The molecule has 23 heavy (non-hydrogen) atoms. The number of benzene rings is 1. The number of amides is 1. The second-order valence-corrected chi connectivity index (χ2v) is 7.16. The molecule has 128 valence electrons. The van der Waals surface area contributed by atoms with Crippen LogP contribution in [0.25, 0.3) is 0 Å². The van der Waals surface area contributed by atoms with Gasteiger partial charge in [-0.1, -0.05) is 13.3 Å². The van der Waals surface area contributed by atoms with Crippen LogP contribution in [0.2, 0.25) is 0 Å². The zero-order valence-electron chi connectivity index (χ0n) is 13.9. The molecule has 2 rings (SSSR count). The van der Waals surface area contributed by atoms with E-state index in [9.17, 15) is 9.18 Å². The number of carbonyl (C=O) groups excluding carboxylic acids is 1. The first-order valence-electron chi connectivity index (χ1n) is 8.61. The fourth-order valence-corrected chi connectivity index (χ4v) is 3.82. The summed E-state index contributed by atoms with van der Waals surface area (Å²) in [6.07, 6.45) is 5.36. The van der Waals surface area contributed by atoms with Gasteiger partial charge in [-0.05, 0) is 68.8 Å². The Hall–Kier alpha value is -1.07. The number of likely N-dealkylation sites (tertiary alicyclic amines) is 1. The molecule has 0 saturated carbocycles. The number of hydrogen-bond donors (Lipinski definition) is 1. The van der Waals surface area contributed by atoms with Crippen molar-refractivity contribution in [3.8, 4) is 0 Å². The summed E-state index contributed by atoms with van der Waals surface area (Å²) < 4.78 is 12.8. The van der Waals surface area contributed by atoms with E-state index in [1.54, 1.807) is 23.9 Å². The lowest BCUT2D eigenvalue weighted by Gasteiger charge is -2.34. The maximum atomic E-state index is 12.8. The highest BCUT2D eigenvalue weighted by atomic mass is 32.2. The highest BCUT2D eigenvalue weighted by Crippen LogP contribution is 2.19. The fraction of sp³-hybridized carbons (Fsp3) is 0.611. The average molecular weight is 338 g/mol. The van der Waals surface area contributed by atoms with Crippen LogP contribution in [-0.4, -0.2) is 42.2 Å². The molecule has 0 aromatic heterocycles. The minimum Gasteiger partial charge on any atom is -0.355 e. The van der Waals surface area contributed by atoms with Crippen LogP contribution in [0.3, 0.4) is 0 Å². The van der Waals surface area contributed by atoms with Crippen LogP contribution in [0.5, 0.6) is 0 Å². The van der Waals surface area contributed by atoms with E-state index >= 15 is 0 Å². The summed E-state index contributed by atoms with van der Waals surface area (Å²) in [6, 6.07) is 6.62. The van der Waals surface area contributed by atoms with E-state index in [0.717, 1.165) is 49.4 Å². The summed E-state index contributed by atoms with van der Waals surface area (Å²) in [4.78, 5) is 15.7. The summed E-state index contributed by atoms with van der Waals surface area (Å²) in [6.45, 7) is 4.94. The number of rotatable bonds is 8. The van der Waals surface area contributed by atoms with Crippen LogP contribution in [-0.2, 0) is 4.79 Å². The fourth-order valence-electron chi connectivity index (χ4n) is 2.97. The Morgan fingerprint density at radius 3 is 2.87 bits per heavy atom. The van der Waals surface area contributed by atoms with Gasteiger partial charge in [0.2, 0.25) is 5.91 Å². The SMILES string of the molecule is CCCN1CCCCC1C(=O)NCCCSc1ccc(F)cc1. The molecule has 1 aliphatic rings. The lowest BCUT2D eigenvalue weighted by atomic mass is 10.0. The molecule has 1 aromatic rings. The third-order valence-electron chi connectivity index (χ3n) is 4.13. The van der Waals surface area contributed by atoms with Gasteiger partial charge in [0.15, 0.2) is 0 Å². The molecule has 0 aliphatic carbocycles. The molecule has 1 heterocycles. The van der Waals surface area contributed by atoms with Gasteiger partial charge in [-0.15, -0.1) is 11.8 Å². The Bertz CT molecular complexity index is 478. The zero-order valence-corrected chi connectivity index (χ0v) is 14.7. The van der Waals surface area contributed by atoms with Crippen molar-refractivity contribution in [1.29, 1.82) is 0 Å². The van der Waals surface area contributed by atoms with Crippen LogP contribution in [0.15, 0.2) is 29.2 Å². The average Bonchev–Trinajstić information content (AvgIpc) is 2.57. The first-order chi connectivity index (χ1) is 11.2. The van der Waals surface area contributed by atoms with Crippen molar-refractivity contribution in [3.63, 3.8) is 0 Å². The smallest absolute Gasteiger partial charge is 0.237 e. The Morgan fingerprint density at radius 2 is 2.13 bits per heavy atom. The van der Waals surface area contributed by atoms with Crippen LogP contribution in [0.1, 0.15) is 39.0 Å². The van der Waals surface area contributed by atoms with Gasteiger partial charge in [-0.3, -0.25) is 9.69 Å².